The van der Waals surface area contributed by atoms with Crippen LogP contribution < -0.4 is 11.1 Å². The standard InChI is InChI=1S/C17H27N3O/c18-17(20-13-15-9-6-10-15)19-11-4-5-12-21-14-16-7-2-1-3-8-16/h1-3,7-8,15H,4-6,9-14H2,(H3,18,19,20). The van der Waals surface area contributed by atoms with Gasteiger partial charge in [0, 0.05) is 19.7 Å². The first kappa shape index (κ1) is 15.8. The molecule has 1 fully saturated rings. The molecule has 0 radical (unpaired) electrons. The average molecular weight is 289 g/mol. The molecule has 0 unspecified atom stereocenters. The van der Waals surface area contributed by atoms with E-state index in [0.29, 0.717) is 12.6 Å². The Labute approximate surface area is 127 Å². The summed E-state index contributed by atoms with van der Waals surface area (Å²) >= 11 is 0. The van der Waals surface area contributed by atoms with Crippen LogP contribution >= 0.6 is 0 Å². The summed E-state index contributed by atoms with van der Waals surface area (Å²) in [5.74, 6) is 1.36. The highest BCUT2D eigenvalue weighted by atomic mass is 16.5. The molecule has 1 aliphatic carbocycles. The highest BCUT2D eigenvalue weighted by molar-refractivity contribution is 5.77. The molecular weight excluding hydrogens is 262 g/mol. The molecule has 2 rings (SSSR count). The van der Waals surface area contributed by atoms with Crippen molar-refractivity contribution in [3.05, 3.63) is 35.9 Å². The van der Waals surface area contributed by atoms with Crippen LogP contribution in [0.15, 0.2) is 35.3 Å². The summed E-state index contributed by atoms with van der Waals surface area (Å²) in [5.41, 5.74) is 7.05. The van der Waals surface area contributed by atoms with Crippen molar-refractivity contribution >= 4 is 5.96 Å². The van der Waals surface area contributed by atoms with Gasteiger partial charge in [0.05, 0.1) is 6.61 Å². The minimum Gasteiger partial charge on any atom is -0.377 e. The van der Waals surface area contributed by atoms with Crippen LogP contribution in [0.2, 0.25) is 0 Å². The maximum Gasteiger partial charge on any atom is 0.188 e. The Bertz CT molecular complexity index is 415. The Morgan fingerprint density at radius 3 is 2.76 bits per heavy atom. The number of unbranched alkanes of at least 4 members (excludes halogenated alkanes) is 1. The second kappa shape index (κ2) is 9.40. The quantitative estimate of drug-likeness (QED) is 0.417. The van der Waals surface area contributed by atoms with Crippen molar-refractivity contribution in [2.75, 3.05) is 19.7 Å². The number of hydrogen-bond donors (Lipinski definition) is 2. The van der Waals surface area contributed by atoms with Gasteiger partial charge in [-0.3, -0.25) is 4.99 Å². The maximum absolute atomic E-state index is 5.83. The number of nitrogens with two attached hydrogens (primary N) is 1. The van der Waals surface area contributed by atoms with E-state index in [0.717, 1.165) is 38.5 Å². The van der Waals surface area contributed by atoms with Crippen molar-refractivity contribution in [1.29, 1.82) is 0 Å². The molecule has 0 amide bonds. The monoisotopic (exact) mass is 289 g/mol. The van der Waals surface area contributed by atoms with Gasteiger partial charge in [0.25, 0.3) is 0 Å². The lowest BCUT2D eigenvalue weighted by atomic mass is 9.86. The number of benzene rings is 1. The van der Waals surface area contributed by atoms with E-state index >= 15 is 0 Å². The minimum atomic E-state index is 0.590. The van der Waals surface area contributed by atoms with Crippen molar-refractivity contribution in [2.24, 2.45) is 16.6 Å². The largest absolute Gasteiger partial charge is 0.377 e. The molecular formula is C17H27N3O. The van der Waals surface area contributed by atoms with E-state index in [1.54, 1.807) is 0 Å². The lowest BCUT2D eigenvalue weighted by molar-refractivity contribution is 0.117. The first-order valence-electron chi connectivity index (χ1n) is 8.00. The SMILES string of the molecule is NC(=NCC1CCC1)NCCCCOCc1ccccc1. The van der Waals surface area contributed by atoms with Gasteiger partial charge in [-0.25, -0.2) is 0 Å². The molecule has 116 valence electrons. The number of nitrogens with zero attached hydrogens (tertiary/aromatic N) is 1. The molecule has 0 bridgehead atoms. The van der Waals surface area contributed by atoms with Gasteiger partial charge < -0.3 is 15.8 Å². The third-order valence-electron chi connectivity index (χ3n) is 3.88. The van der Waals surface area contributed by atoms with Gasteiger partial charge in [-0.1, -0.05) is 36.8 Å². The van der Waals surface area contributed by atoms with Crippen LogP contribution in [0.1, 0.15) is 37.7 Å². The van der Waals surface area contributed by atoms with Gasteiger partial charge in [0.1, 0.15) is 0 Å². The number of aliphatic imine (C=N–C) groups is 1. The van der Waals surface area contributed by atoms with Crippen molar-refractivity contribution in [3.63, 3.8) is 0 Å². The fourth-order valence-corrected chi connectivity index (χ4v) is 2.27. The number of rotatable bonds is 9. The highest BCUT2D eigenvalue weighted by Gasteiger charge is 2.16. The summed E-state index contributed by atoms with van der Waals surface area (Å²) in [7, 11) is 0. The van der Waals surface area contributed by atoms with E-state index in [9.17, 15) is 0 Å². The normalized spacial score (nSPS) is 15.7. The zero-order valence-electron chi connectivity index (χ0n) is 12.8. The Morgan fingerprint density at radius 2 is 2.05 bits per heavy atom. The lowest BCUT2D eigenvalue weighted by Crippen LogP contribution is -2.33. The van der Waals surface area contributed by atoms with Gasteiger partial charge >= 0.3 is 0 Å². The molecule has 3 N–H and O–H groups in total. The Hall–Kier alpha value is -1.55. The molecule has 1 aromatic rings. The number of ether oxygens (including phenoxy) is 1. The molecule has 0 atom stereocenters. The van der Waals surface area contributed by atoms with Crippen LogP contribution in [-0.2, 0) is 11.3 Å². The van der Waals surface area contributed by atoms with Gasteiger partial charge in [-0.05, 0) is 37.2 Å². The van der Waals surface area contributed by atoms with Crippen LogP contribution in [0, 0.1) is 5.92 Å². The summed E-state index contributed by atoms with van der Waals surface area (Å²) in [6.07, 6.45) is 6.08. The van der Waals surface area contributed by atoms with Crippen molar-refractivity contribution in [3.8, 4) is 0 Å². The fraction of sp³-hybridized carbons (Fsp3) is 0.588. The predicted octanol–water partition coefficient (Wildman–Crippen LogP) is 2.69. The van der Waals surface area contributed by atoms with Gasteiger partial charge in [0.2, 0.25) is 0 Å². The summed E-state index contributed by atoms with van der Waals surface area (Å²) in [6, 6.07) is 10.3. The van der Waals surface area contributed by atoms with E-state index in [-0.39, 0.29) is 0 Å². The molecule has 21 heavy (non-hydrogen) atoms. The summed E-state index contributed by atoms with van der Waals surface area (Å²) < 4.78 is 5.64. The topological polar surface area (TPSA) is 59.6 Å². The molecule has 0 saturated heterocycles. The van der Waals surface area contributed by atoms with Crippen molar-refractivity contribution in [1.82, 2.24) is 5.32 Å². The molecule has 1 aliphatic rings. The Kier molecular flexibility index (Phi) is 7.08. The minimum absolute atomic E-state index is 0.590. The lowest BCUT2D eigenvalue weighted by Gasteiger charge is -2.23. The maximum atomic E-state index is 5.83. The molecule has 0 spiro atoms. The molecule has 0 aromatic heterocycles. The first-order valence-corrected chi connectivity index (χ1v) is 8.00. The van der Waals surface area contributed by atoms with Gasteiger partial charge in [-0.2, -0.15) is 0 Å². The van der Waals surface area contributed by atoms with Crippen LogP contribution in [0.3, 0.4) is 0 Å². The molecule has 0 aliphatic heterocycles. The van der Waals surface area contributed by atoms with E-state index < -0.39 is 0 Å². The number of hydrogen-bond acceptors (Lipinski definition) is 2. The van der Waals surface area contributed by atoms with Crippen LogP contribution in [0.4, 0.5) is 0 Å². The smallest absolute Gasteiger partial charge is 0.188 e. The van der Waals surface area contributed by atoms with Crippen LogP contribution in [0.5, 0.6) is 0 Å². The zero-order chi connectivity index (χ0) is 14.8. The predicted molar refractivity (Wildman–Crippen MR) is 87.2 cm³/mol. The van der Waals surface area contributed by atoms with Crippen LogP contribution in [0.25, 0.3) is 0 Å². The first-order chi connectivity index (χ1) is 10.3. The fourth-order valence-electron chi connectivity index (χ4n) is 2.27. The zero-order valence-corrected chi connectivity index (χ0v) is 12.8. The Balaban J connectivity index is 1.42. The van der Waals surface area contributed by atoms with E-state index in [1.165, 1.54) is 24.8 Å². The van der Waals surface area contributed by atoms with Gasteiger partial charge in [0.15, 0.2) is 5.96 Å². The molecule has 1 aromatic carbocycles. The van der Waals surface area contributed by atoms with E-state index in [2.05, 4.69) is 22.4 Å². The Morgan fingerprint density at radius 1 is 1.24 bits per heavy atom. The number of nitrogens with one attached hydrogen (secondary N) is 1. The molecule has 4 heteroatoms. The second-order valence-corrected chi connectivity index (χ2v) is 5.69. The third-order valence-corrected chi connectivity index (χ3v) is 3.88. The van der Waals surface area contributed by atoms with Crippen LogP contribution in [-0.4, -0.2) is 25.7 Å². The molecule has 0 heterocycles. The summed E-state index contributed by atoms with van der Waals surface area (Å²) in [6.45, 7) is 3.24. The molecule has 1 saturated carbocycles. The summed E-state index contributed by atoms with van der Waals surface area (Å²) in [5, 5.41) is 3.17. The number of guanidine groups is 1. The average Bonchev–Trinajstić information content (AvgIpc) is 2.46. The second-order valence-electron chi connectivity index (χ2n) is 5.69. The van der Waals surface area contributed by atoms with Gasteiger partial charge in [-0.15, -0.1) is 0 Å². The highest BCUT2D eigenvalue weighted by Crippen LogP contribution is 2.26. The molecule has 4 nitrogen and oxygen atoms in total. The summed E-state index contributed by atoms with van der Waals surface area (Å²) in [4.78, 5) is 4.37. The third kappa shape index (κ3) is 6.63. The van der Waals surface area contributed by atoms with Crippen molar-refractivity contribution in [2.45, 2.75) is 38.7 Å². The van der Waals surface area contributed by atoms with Crippen molar-refractivity contribution < 1.29 is 4.74 Å². The van der Waals surface area contributed by atoms with E-state index in [4.69, 9.17) is 10.5 Å². The van der Waals surface area contributed by atoms with E-state index in [1.807, 2.05) is 18.2 Å².